The van der Waals surface area contributed by atoms with Crippen molar-refractivity contribution in [2.24, 2.45) is 39.3 Å². The highest BCUT2D eigenvalue weighted by atomic mass is 35.5. The lowest BCUT2D eigenvalue weighted by atomic mass is 9.51. The fourth-order valence-corrected chi connectivity index (χ4v) is 9.20. The smallest absolute Gasteiger partial charge is 0.241 e. The van der Waals surface area contributed by atoms with Gasteiger partial charge < -0.3 is 14.7 Å². The summed E-state index contributed by atoms with van der Waals surface area (Å²) < 4.78 is 19.9. The number of fused-ring (bicyclic) bond motifs is 4. The van der Waals surface area contributed by atoms with Gasteiger partial charge in [-0.1, -0.05) is 29.3 Å². The number of azo groups is 1. The Morgan fingerprint density at radius 1 is 0.836 bits per heavy atom. The average molecular weight is 762 g/mol. The number of phenolic OH excluding ortho intramolecular Hbond substituents is 1. The van der Waals surface area contributed by atoms with Crippen LogP contribution in [-0.2, 0) is 19.2 Å². The molecular weight excluding hydrogens is 725 g/mol. The van der Waals surface area contributed by atoms with E-state index >= 15 is 0 Å². The number of amides is 4. The van der Waals surface area contributed by atoms with E-state index in [2.05, 4.69) is 10.2 Å². The van der Waals surface area contributed by atoms with E-state index in [0.717, 1.165) is 22.2 Å². The van der Waals surface area contributed by atoms with Gasteiger partial charge in [0, 0.05) is 37.3 Å². The summed E-state index contributed by atoms with van der Waals surface area (Å²) in [6, 6.07) is 22.6. The van der Waals surface area contributed by atoms with Gasteiger partial charge in [0.05, 0.1) is 58.1 Å². The van der Waals surface area contributed by atoms with Crippen LogP contribution < -0.4 is 19.4 Å². The summed E-state index contributed by atoms with van der Waals surface area (Å²) in [6.45, 7) is 1.73. The molecule has 280 valence electrons. The van der Waals surface area contributed by atoms with Crippen molar-refractivity contribution in [2.75, 3.05) is 35.9 Å². The molecule has 2 aliphatic carbocycles. The van der Waals surface area contributed by atoms with Crippen molar-refractivity contribution in [3.63, 3.8) is 0 Å². The topological polar surface area (TPSA) is 132 Å². The number of carbonyl (C=O) groups excluding carboxylic acids is 4. The fourth-order valence-electron chi connectivity index (χ4n) is 9.02. The zero-order valence-electron chi connectivity index (χ0n) is 30.4. The molecule has 8 rings (SSSR count). The monoisotopic (exact) mass is 761 g/mol. The van der Waals surface area contributed by atoms with Crippen molar-refractivity contribution in [3.05, 3.63) is 113 Å². The molecular formula is C42H37ClFN5O6. The number of methoxy groups -OCH3 is 1. The Bertz CT molecular complexity index is 2330. The molecule has 1 N–H and O–H groups in total. The molecule has 4 amide bonds. The van der Waals surface area contributed by atoms with Crippen LogP contribution in [-0.4, -0.2) is 49.9 Å². The minimum absolute atomic E-state index is 0.0536. The Hall–Kier alpha value is -5.88. The lowest BCUT2D eigenvalue weighted by Gasteiger charge is -2.49. The minimum atomic E-state index is -1.37. The van der Waals surface area contributed by atoms with Crippen LogP contribution in [0.3, 0.4) is 0 Å². The van der Waals surface area contributed by atoms with Gasteiger partial charge in [0.2, 0.25) is 23.6 Å². The van der Waals surface area contributed by atoms with Gasteiger partial charge in [-0.25, -0.2) is 9.29 Å². The van der Waals surface area contributed by atoms with E-state index in [1.165, 1.54) is 36.3 Å². The summed E-state index contributed by atoms with van der Waals surface area (Å²) in [5, 5.41) is 18.8. The molecule has 4 aromatic carbocycles. The highest BCUT2D eigenvalue weighted by molar-refractivity contribution is 6.32. The molecule has 55 heavy (non-hydrogen) atoms. The highest BCUT2D eigenvalue weighted by Crippen LogP contribution is 2.64. The van der Waals surface area contributed by atoms with E-state index in [0.29, 0.717) is 28.4 Å². The third-order valence-electron chi connectivity index (χ3n) is 11.7. The highest BCUT2D eigenvalue weighted by Gasteiger charge is 2.68. The number of halogens is 2. The van der Waals surface area contributed by atoms with Gasteiger partial charge in [-0.15, -0.1) is 0 Å². The summed E-state index contributed by atoms with van der Waals surface area (Å²) in [5.41, 5.74) is 2.69. The molecule has 0 spiro atoms. The first-order valence-electron chi connectivity index (χ1n) is 17.9. The molecule has 6 atom stereocenters. The van der Waals surface area contributed by atoms with Crippen LogP contribution in [0.15, 0.2) is 107 Å². The van der Waals surface area contributed by atoms with Crippen molar-refractivity contribution in [3.8, 4) is 11.5 Å². The molecule has 3 fully saturated rings. The first-order chi connectivity index (χ1) is 26.3. The largest absolute Gasteiger partial charge is 0.508 e. The van der Waals surface area contributed by atoms with Gasteiger partial charge in [-0.2, -0.15) is 10.2 Å². The SMILES string of the molecule is COc1cc(O)ccc1C1C2=CCC3C(=O)N(c4ccc(N=Nc5ccc(N(C)C)cc5)cc4)C(=O)C3C2CC2C(=O)N(c3ccc(F)c(Cl)c3)C(=O)C21C. The van der Waals surface area contributed by atoms with E-state index in [4.69, 9.17) is 16.3 Å². The summed E-state index contributed by atoms with van der Waals surface area (Å²) in [4.78, 5) is 62.0. The van der Waals surface area contributed by atoms with Gasteiger partial charge in [0.1, 0.15) is 17.3 Å². The van der Waals surface area contributed by atoms with Crippen LogP contribution in [0.4, 0.5) is 32.8 Å². The van der Waals surface area contributed by atoms with Gasteiger partial charge in [0.25, 0.3) is 0 Å². The number of hydrogen-bond acceptors (Lipinski definition) is 9. The second-order valence-corrected chi connectivity index (χ2v) is 15.2. The van der Waals surface area contributed by atoms with Crippen molar-refractivity contribution < 1.29 is 33.4 Å². The predicted octanol–water partition coefficient (Wildman–Crippen LogP) is 8.11. The number of allylic oxidation sites excluding steroid dienone is 2. The molecule has 0 radical (unpaired) electrons. The summed E-state index contributed by atoms with van der Waals surface area (Å²) in [5.74, 6) is -5.96. The fraction of sp³-hybridized carbons (Fsp3) is 0.286. The summed E-state index contributed by atoms with van der Waals surface area (Å²) in [6.07, 6.45) is 2.30. The average Bonchev–Trinajstić information content (AvgIpc) is 3.55. The Morgan fingerprint density at radius 2 is 1.49 bits per heavy atom. The first kappa shape index (κ1) is 36.1. The third kappa shape index (κ3) is 5.69. The minimum Gasteiger partial charge on any atom is -0.508 e. The van der Waals surface area contributed by atoms with Crippen LogP contribution in [0.25, 0.3) is 0 Å². The molecule has 6 unspecified atom stereocenters. The van der Waals surface area contributed by atoms with Crippen LogP contribution in [0, 0.1) is 34.9 Å². The molecule has 13 heteroatoms. The molecule has 2 heterocycles. The lowest BCUT2D eigenvalue weighted by molar-refractivity contribution is -0.131. The second kappa shape index (κ2) is 13.5. The second-order valence-electron chi connectivity index (χ2n) is 14.8. The number of benzene rings is 4. The van der Waals surface area contributed by atoms with Gasteiger partial charge in [-0.05, 0) is 98.5 Å². The Balaban J connectivity index is 1.14. The molecule has 2 aliphatic heterocycles. The number of imide groups is 2. The molecule has 0 aromatic heterocycles. The van der Waals surface area contributed by atoms with Crippen LogP contribution in [0.1, 0.15) is 31.2 Å². The van der Waals surface area contributed by atoms with E-state index in [9.17, 15) is 28.7 Å². The number of hydrogen-bond donors (Lipinski definition) is 1. The van der Waals surface area contributed by atoms with Crippen LogP contribution >= 0.6 is 11.6 Å². The first-order valence-corrected chi connectivity index (χ1v) is 18.3. The Morgan fingerprint density at radius 3 is 2.13 bits per heavy atom. The molecule has 4 aliphatic rings. The Kier molecular flexibility index (Phi) is 8.83. The lowest BCUT2D eigenvalue weighted by Crippen LogP contribution is -2.49. The van der Waals surface area contributed by atoms with Crippen molar-refractivity contribution in [2.45, 2.75) is 25.7 Å². The zero-order chi connectivity index (χ0) is 38.9. The molecule has 1 saturated carbocycles. The number of carbonyl (C=O) groups is 4. The number of rotatable bonds is 7. The van der Waals surface area contributed by atoms with Crippen LogP contribution in [0.5, 0.6) is 11.5 Å². The number of anilines is 3. The van der Waals surface area contributed by atoms with Crippen molar-refractivity contribution in [1.82, 2.24) is 0 Å². The maximum absolute atomic E-state index is 14.7. The predicted molar refractivity (Wildman–Crippen MR) is 205 cm³/mol. The normalized spacial score (nSPS) is 25.9. The third-order valence-corrected chi connectivity index (χ3v) is 12.0. The molecule has 2 saturated heterocycles. The molecule has 4 aromatic rings. The van der Waals surface area contributed by atoms with Crippen molar-refractivity contribution >= 4 is 63.7 Å². The number of ether oxygens (including phenoxy) is 1. The van der Waals surface area contributed by atoms with Gasteiger partial charge >= 0.3 is 0 Å². The maximum atomic E-state index is 14.7. The Labute approximate surface area is 321 Å². The van der Waals surface area contributed by atoms with E-state index in [1.807, 2.05) is 49.3 Å². The number of aromatic hydroxyl groups is 1. The summed E-state index contributed by atoms with van der Waals surface area (Å²) in [7, 11) is 5.36. The van der Waals surface area contributed by atoms with Gasteiger partial charge in [0.15, 0.2) is 0 Å². The molecule has 0 bridgehead atoms. The number of nitrogens with zero attached hydrogens (tertiary/aromatic N) is 5. The maximum Gasteiger partial charge on any atom is 0.241 e. The van der Waals surface area contributed by atoms with E-state index in [-0.39, 0.29) is 41.1 Å². The van der Waals surface area contributed by atoms with Crippen LogP contribution in [0.2, 0.25) is 5.02 Å². The van der Waals surface area contributed by atoms with Gasteiger partial charge in [-0.3, -0.25) is 24.1 Å². The van der Waals surface area contributed by atoms with E-state index in [1.54, 1.807) is 37.3 Å². The quantitative estimate of drug-likeness (QED) is 0.114. The van der Waals surface area contributed by atoms with E-state index < -0.39 is 52.6 Å². The number of phenols is 1. The standard InChI is InChI=1S/C42H37ClFN5O6/c1-42-32(39(52)49(41(42)54)26-13-18-34(44)33(43)19-26)21-31-28(37(42)29-15-14-27(50)20-35(29)55-4)16-17-30-36(31)40(53)48(38(30)51)25-11-7-23(8-12-25)46-45-22-5-9-24(10-6-22)47(2)3/h5-16,18-20,30-32,36-37,50H,17,21H2,1-4H3. The summed E-state index contributed by atoms with van der Waals surface area (Å²) >= 11 is 6.11. The molecule has 11 nitrogen and oxygen atoms in total. The zero-order valence-corrected chi connectivity index (χ0v) is 31.2. The van der Waals surface area contributed by atoms with Crippen molar-refractivity contribution in [1.29, 1.82) is 0 Å².